The molecule has 1 amide bonds. The van der Waals surface area contributed by atoms with Gasteiger partial charge in [0, 0.05) is 53.9 Å². The summed E-state index contributed by atoms with van der Waals surface area (Å²) in [6.07, 6.45) is 8.72. The van der Waals surface area contributed by atoms with Crippen LogP contribution in [0, 0.1) is 18.3 Å². The Labute approximate surface area is 178 Å². The second-order valence-electron chi connectivity index (χ2n) is 6.22. The van der Waals surface area contributed by atoms with Crippen LogP contribution in [-0.4, -0.2) is 45.5 Å². The van der Waals surface area contributed by atoms with Gasteiger partial charge in [0.25, 0.3) is 5.92 Å². The van der Waals surface area contributed by atoms with E-state index in [0.717, 1.165) is 5.56 Å². The van der Waals surface area contributed by atoms with Gasteiger partial charge in [0.15, 0.2) is 5.16 Å². The number of hydrogen-bond acceptors (Lipinski definition) is 5. The highest BCUT2D eigenvalue weighted by Gasteiger charge is 2.56. The summed E-state index contributed by atoms with van der Waals surface area (Å²) in [6, 6.07) is 3.61. The quantitative estimate of drug-likeness (QED) is 0.202. The van der Waals surface area contributed by atoms with Crippen molar-refractivity contribution in [1.29, 1.82) is 0 Å². The third-order valence-corrected chi connectivity index (χ3v) is 6.05. The number of carbonyl (C=O) groups excluding carboxylic acids is 1. The molecule has 0 spiro atoms. The van der Waals surface area contributed by atoms with Gasteiger partial charge in [-0.1, -0.05) is 23.6 Å². The fourth-order valence-corrected chi connectivity index (χ4v) is 3.89. The molecule has 2 rings (SSSR count). The highest BCUT2D eigenvalue weighted by Crippen LogP contribution is 2.50. The van der Waals surface area contributed by atoms with Crippen molar-refractivity contribution < 1.29 is 13.6 Å². The molecule has 1 aliphatic carbocycles. The predicted octanol–water partition coefficient (Wildman–Crippen LogP) is 4.43. The smallest absolute Gasteiger partial charge is 0.252 e. The van der Waals surface area contributed by atoms with Crippen LogP contribution in [0.1, 0.15) is 25.3 Å². The van der Waals surface area contributed by atoms with Crippen molar-refractivity contribution in [3.8, 4) is 12.3 Å². The standard InChI is InChI=1S/C19H20ClF2N3OS2/c1-3-8-25(16(26)6-9-28-12-15-10-19(15,21)22)18(27)17(20)24-13(2)14-5-4-7-23-11-14/h1,4-5,7,11,15,27H,6,8-10,12H2,2H3/b18-17-,24-13?. The first kappa shape index (κ1) is 22.7. The Bertz CT molecular complexity index is 809. The van der Waals surface area contributed by atoms with Crippen molar-refractivity contribution in [2.24, 2.45) is 10.9 Å². The summed E-state index contributed by atoms with van der Waals surface area (Å²) in [5.41, 5.74) is 1.39. The number of thiol groups is 1. The van der Waals surface area contributed by atoms with Crippen LogP contribution in [0.5, 0.6) is 0 Å². The number of thioether (sulfide) groups is 1. The lowest BCUT2D eigenvalue weighted by atomic mass is 10.2. The van der Waals surface area contributed by atoms with Gasteiger partial charge in [-0.2, -0.15) is 11.8 Å². The van der Waals surface area contributed by atoms with E-state index in [1.807, 2.05) is 6.07 Å². The lowest BCUT2D eigenvalue weighted by Crippen LogP contribution is -2.29. The molecular weight excluding hydrogens is 424 g/mol. The minimum absolute atomic E-state index is 0.0132. The number of alkyl halides is 2. The van der Waals surface area contributed by atoms with Crippen LogP contribution >= 0.6 is 36.0 Å². The van der Waals surface area contributed by atoms with Crippen molar-refractivity contribution in [1.82, 2.24) is 9.88 Å². The van der Waals surface area contributed by atoms with Gasteiger partial charge in [-0.25, -0.2) is 13.8 Å². The summed E-state index contributed by atoms with van der Waals surface area (Å²) in [5.74, 6) is -0.239. The van der Waals surface area contributed by atoms with Gasteiger partial charge in [0.05, 0.1) is 6.54 Å². The van der Waals surface area contributed by atoms with E-state index in [0.29, 0.717) is 17.2 Å². The largest absolute Gasteiger partial charge is 0.293 e. The number of hydrogen-bond donors (Lipinski definition) is 1. The molecule has 1 atom stereocenters. The van der Waals surface area contributed by atoms with Crippen LogP contribution in [0.2, 0.25) is 0 Å². The minimum Gasteiger partial charge on any atom is -0.293 e. The number of pyridine rings is 1. The Morgan fingerprint density at radius 1 is 1.61 bits per heavy atom. The third kappa shape index (κ3) is 6.50. The minimum atomic E-state index is -2.54. The van der Waals surface area contributed by atoms with Crippen LogP contribution in [0.15, 0.2) is 39.7 Å². The molecule has 1 heterocycles. The average Bonchev–Trinajstić information content (AvgIpc) is 3.29. The van der Waals surface area contributed by atoms with Gasteiger partial charge < -0.3 is 0 Å². The van der Waals surface area contributed by atoms with Gasteiger partial charge >= 0.3 is 0 Å². The van der Waals surface area contributed by atoms with Crippen LogP contribution in [0.4, 0.5) is 8.78 Å². The van der Waals surface area contributed by atoms with Crippen molar-refractivity contribution >= 4 is 47.6 Å². The fraction of sp³-hybridized carbons (Fsp3) is 0.421. The summed E-state index contributed by atoms with van der Waals surface area (Å²) < 4.78 is 25.7. The van der Waals surface area contributed by atoms with Gasteiger partial charge in [-0.3, -0.25) is 14.7 Å². The number of rotatable bonds is 9. The first-order valence-corrected chi connectivity index (χ1v) is 10.5. The molecule has 0 N–H and O–H groups in total. The lowest BCUT2D eigenvalue weighted by Gasteiger charge is -2.20. The Balaban J connectivity index is 1.98. The second kappa shape index (κ2) is 10.3. The molecule has 1 aromatic heterocycles. The molecular formula is C19H20ClF2N3OS2. The fourth-order valence-electron chi connectivity index (χ4n) is 2.29. The normalized spacial score (nSPS) is 18.9. The van der Waals surface area contributed by atoms with Gasteiger partial charge in [0.1, 0.15) is 5.03 Å². The molecule has 0 bridgehead atoms. The molecule has 1 aromatic rings. The number of aliphatic imine (C=N–C) groups is 1. The SMILES string of the molecule is C#CCN(C(=O)CCSCC1CC1(F)F)/C(S)=C(\Cl)N=C(C)c1cccnc1. The zero-order valence-corrected chi connectivity index (χ0v) is 17.7. The van der Waals surface area contributed by atoms with E-state index in [-0.39, 0.29) is 35.5 Å². The number of terminal acetylenes is 1. The Morgan fingerprint density at radius 2 is 2.32 bits per heavy atom. The molecule has 1 unspecified atom stereocenters. The molecule has 0 saturated heterocycles. The number of carbonyl (C=O) groups is 1. The van der Waals surface area contributed by atoms with Gasteiger partial charge in [0.2, 0.25) is 5.91 Å². The monoisotopic (exact) mass is 443 g/mol. The van der Waals surface area contributed by atoms with Crippen LogP contribution in [-0.2, 0) is 4.79 Å². The highest BCUT2D eigenvalue weighted by molar-refractivity contribution is 7.99. The number of aromatic nitrogens is 1. The van der Waals surface area contributed by atoms with E-state index in [9.17, 15) is 13.6 Å². The molecule has 9 heteroatoms. The van der Waals surface area contributed by atoms with Gasteiger partial charge in [-0.05, 0) is 13.0 Å². The van der Waals surface area contributed by atoms with Crippen LogP contribution in [0.25, 0.3) is 0 Å². The summed E-state index contributed by atoms with van der Waals surface area (Å²) in [5, 5.41) is 0.171. The van der Waals surface area contributed by atoms with E-state index in [1.165, 1.54) is 16.7 Å². The maximum Gasteiger partial charge on any atom is 0.252 e. The predicted molar refractivity (Wildman–Crippen MR) is 114 cm³/mol. The second-order valence-corrected chi connectivity index (χ2v) is 8.16. The van der Waals surface area contributed by atoms with E-state index >= 15 is 0 Å². The van der Waals surface area contributed by atoms with Crippen LogP contribution < -0.4 is 0 Å². The molecule has 0 aromatic carbocycles. The van der Waals surface area contributed by atoms with E-state index in [4.69, 9.17) is 18.0 Å². The molecule has 0 radical (unpaired) electrons. The Morgan fingerprint density at radius 3 is 2.89 bits per heavy atom. The van der Waals surface area contributed by atoms with Crippen molar-refractivity contribution in [2.75, 3.05) is 18.1 Å². The average molecular weight is 444 g/mol. The van der Waals surface area contributed by atoms with Crippen molar-refractivity contribution in [2.45, 2.75) is 25.7 Å². The van der Waals surface area contributed by atoms with E-state index in [1.54, 1.807) is 25.4 Å². The maximum absolute atomic E-state index is 12.9. The highest BCUT2D eigenvalue weighted by atomic mass is 35.5. The zero-order valence-electron chi connectivity index (χ0n) is 15.2. The Kier molecular flexibility index (Phi) is 8.35. The topological polar surface area (TPSA) is 45.6 Å². The van der Waals surface area contributed by atoms with E-state index < -0.39 is 11.8 Å². The molecule has 0 aliphatic heterocycles. The van der Waals surface area contributed by atoms with Gasteiger partial charge in [-0.15, -0.1) is 19.1 Å². The first-order valence-electron chi connectivity index (χ1n) is 8.50. The van der Waals surface area contributed by atoms with E-state index in [2.05, 4.69) is 28.5 Å². The molecule has 150 valence electrons. The molecule has 4 nitrogen and oxygen atoms in total. The summed E-state index contributed by atoms with van der Waals surface area (Å²) in [7, 11) is 0. The number of amides is 1. The third-order valence-electron chi connectivity index (χ3n) is 4.07. The van der Waals surface area contributed by atoms with Crippen molar-refractivity contribution in [3.63, 3.8) is 0 Å². The summed E-state index contributed by atoms with van der Waals surface area (Å²) >= 11 is 11.9. The zero-order chi connectivity index (χ0) is 20.7. The lowest BCUT2D eigenvalue weighted by molar-refractivity contribution is -0.127. The summed E-state index contributed by atoms with van der Waals surface area (Å²) in [6.45, 7) is 1.75. The number of nitrogens with zero attached hydrogens (tertiary/aromatic N) is 3. The molecule has 1 saturated carbocycles. The van der Waals surface area contributed by atoms with Crippen molar-refractivity contribution in [3.05, 3.63) is 40.3 Å². The molecule has 28 heavy (non-hydrogen) atoms. The first-order chi connectivity index (χ1) is 13.3. The van der Waals surface area contributed by atoms with Crippen LogP contribution in [0.3, 0.4) is 0 Å². The molecule has 1 aliphatic rings. The number of halogens is 3. The summed E-state index contributed by atoms with van der Waals surface area (Å²) in [4.78, 5) is 22.0. The maximum atomic E-state index is 12.9. The molecule has 1 fully saturated rings. The Hall–Kier alpha value is -1.56.